The van der Waals surface area contributed by atoms with Crippen molar-refractivity contribution in [3.8, 4) is 0 Å². The summed E-state index contributed by atoms with van der Waals surface area (Å²) in [6, 6.07) is 0. The molecule has 1 aliphatic heterocycles. The van der Waals surface area contributed by atoms with Crippen molar-refractivity contribution >= 4 is 14.2 Å². The minimum absolute atomic E-state index is 0.0964. The zero-order chi connectivity index (χ0) is 17.9. The molecule has 23 heavy (non-hydrogen) atoms. The number of hydrogen-bond donors (Lipinski definition) is 0. The molecule has 1 saturated heterocycles. The van der Waals surface area contributed by atoms with Crippen LogP contribution in [0.2, 0.25) is 18.1 Å². The van der Waals surface area contributed by atoms with Crippen LogP contribution in [0.5, 0.6) is 0 Å². The van der Waals surface area contributed by atoms with Gasteiger partial charge in [0.15, 0.2) is 12.4 Å². The summed E-state index contributed by atoms with van der Waals surface area (Å²) in [7, 11) is -2.59. The summed E-state index contributed by atoms with van der Waals surface area (Å²) >= 11 is 0. The Morgan fingerprint density at radius 2 is 1.96 bits per heavy atom. The Labute approximate surface area is 138 Å². The standard InChI is InChI=1S/C16H28F2O4Si/c1-7-8-9-16(11-20-14(19)22-16)21-10-12(17)13(18)23(5,6)15(2,3)4/h7-11H2,1-6H3/b13-12-. The summed E-state index contributed by atoms with van der Waals surface area (Å²) < 4.78 is 44.1. The Bertz CT molecular complexity index is 471. The molecular formula is C16H28F2O4Si. The summed E-state index contributed by atoms with van der Waals surface area (Å²) in [5, 5.41) is -0.322. The van der Waals surface area contributed by atoms with Crippen LogP contribution in [0.15, 0.2) is 11.3 Å². The third-order valence-electron chi connectivity index (χ3n) is 4.71. The first-order chi connectivity index (χ1) is 10.5. The molecule has 0 saturated carbocycles. The average Bonchev–Trinajstić information content (AvgIpc) is 2.82. The van der Waals surface area contributed by atoms with Gasteiger partial charge < -0.3 is 14.2 Å². The minimum Gasteiger partial charge on any atom is -0.427 e. The van der Waals surface area contributed by atoms with Crippen LogP contribution in [0.1, 0.15) is 47.0 Å². The number of cyclic esters (lactones) is 2. The second-order valence-corrected chi connectivity index (χ2v) is 12.7. The van der Waals surface area contributed by atoms with Crippen LogP contribution in [0, 0.1) is 0 Å². The maximum Gasteiger partial charge on any atom is 0.511 e. The lowest BCUT2D eigenvalue weighted by atomic mass is 10.1. The molecule has 0 N–H and O–H groups in total. The van der Waals surface area contributed by atoms with Gasteiger partial charge in [0.25, 0.3) is 5.79 Å². The van der Waals surface area contributed by atoms with Crippen molar-refractivity contribution in [1.29, 1.82) is 0 Å². The highest BCUT2D eigenvalue weighted by Gasteiger charge is 2.45. The molecule has 1 fully saturated rings. The molecule has 1 unspecified atom stereocenters. The van der Waals surface area contributed by atoms with Crippen molar-refractivity contribution in [2.45, 2.75) is 70.9 Å². The summed E-state index contributed by atoms with van der Waals surface area (Å²) in [4.78, 5) is 11.2. The number of carbonyl (C=O) groups excluding carboxylic acids is 1. The number of halogens is 2. The summed E-state index contributed by atoms with van der Waals surface area (Å²) in [6.07, 6.45) is 1.14. The number of carbonyl (C=O) groups is 1. The average molecular weight is 350 g/mol. The van der Waals surface area contributed by atoms with Gasteiger partial charge in [-0.1, -0.05) is 47.2 Å². The van der Waals surface area contributed by atoms with Gasteiger partial charge in [-0.3, -0.25) is 0 Å². The van der Waals surface area contributed by atoms with Crippen molar-refractivity contribution in [3.63, 3.8) is 0 Å². The van der Waals surface area contributed by atoms with Gasteiger partial charge in [-0.2, -0.15) is 0 Å². The Hall–Kier alpha value is -0.953. The molecule has 0 aromatic rings. The van der Waals surface area contributed by atoms with E-state index in [-0.39, 0.29) is 11.6 Å². The van der Waals surface area contributed by atoms with Crippen molar-refractivity contribution in [2.24, 2.45) is 0 Å². The molecule has 1 heterocycles. The first-order valence-electron chi connectivity index (χ1n) is 7.99. The normalized spacial score (nSPS) is 23.4. The molecule has 0 radical (unpaired) electrons. The van der Waals surface area contributed by atoms with Crippen molar-refractivity contribution in [3.05, 3.63) is 11.3 Å². The Morgan fingerprint density at radius 3 is 2.39 bits per heavy atom. The fourth-order valence-electron chi connectivity index (χ4n) is 2.02. The fraction of sp³-hybridized carbons (Fsp3) is 0.812. The summed E-state index contributed by atoms with van der Waals surface area (Å²) in [6.45, 7) is 10.6. The number of unbranched alkanes of at least 4 members (excludes halogenated alkanes) is 1. The highest BCUT2D eigenvalue weighted by molar-refractivity contribution is 6.86. The van der Waals surface area contributed by atoms with Crippen molar-refractivity contribution in [2.75, 3.05) is 13.2 Å². The van der Waals surface area contributed by atoms with Crippen molar-refractivity contribution < 1.29 is 27.8 Å². The number of ether oxygens (including phenoxy) is 3. The van der Waals surface area contributed by atoms with Crippen LogP contribution in [0.4, 0.5) is 13.6 Å². The SMILES string of the molecule is CCCCC1(OC/C(F)=C(\F)[Si](C)(C)C(C)(C)C)COC(=O)O1. The Kier molecular flexibility index (Phi) is 6.37. The molecule has 4 nitrogen and oxygen atoms in total. The van der Waals surface area contributed by atoms with E-state index in [1.807, 2.05) is 27.7 Å². The molecule has 0 aliphatic carbocycles. The molecule has 0 amide bonds. The largest absolute Gasteiger partial charge is 0.511 e. The molecule has 0 aromatic heterocycles. The van der Waals surface area contributed by atoms with Crippen LogP contribution in [-0.2, 0) is 14.2 Å². The number of hydrogen-bond acceptors (Lipinski definition) is 4. The van der Waals surface area contributed by atoms with Gasteiger partial charge in [-0.25, -0.2) is 13.6 Å². The maximum absolute atomic E-state index is 14.5. The first-order valence-corrected chi connectivity index (χ1v) is 11.0. The van der Waals surface area contributed by atoms with Gasteiger partial charge >= 0.3 is 6.16 Å². The van der Waals surface area contributed by atoms with Crippen LogP contribution in [0.25, 0.3) is 0 Å². The molecule has 1 atom stereocenters. The zero-order valence-electron chi connectivity index (χ0n) is 14.9. The highest BCUT2D eigenvalue weighted by atomic mass is 28.3. The smallest absolute Gasteiger partial charge is 0.427 e. The van der Waals surface area contributed by atoms with Crippen LogP contribution >= 0.6 is 0 Å². The van der Waals surface area contributed by atoms with E-state index < -0.39 is 37.9 Å². The molecule has 1 rings (SSSR count). The lowest BCUT2D eigenvalue weighted by molar-refractivity contribution is -0.181. The van der Waals surface area contributed by atoms with Crippen LogP contribution < -0.4 is 0 Å². The van der Waals surface area contributed by atoms with Gasteiger partial charge in [0.05, 0.1) is 0 Å². The van der Waals surface area contributed by atoms with E-state index in [9.17, 15) is 13.6 Å². The van der Waals surface area contributed by atoms with Gasteiger partial charge in [-0.05, 0) is 11.5 Å². The van der Waals surface area contributed by atoms with E-state index in [1.165, 1.54) is 0 Å². The van der Waals surface area contributed by atoms with E-state index >= 15 is 0 Å². The number of rotatable bonds is 7. The molecule has 7 heteroatoms. The Morgan fingerprint density at radius 1 is 1.35 bits per heavy atom. The fourth-order valence-corrected chi connectivity index (χ4v) is 3.43. The zero-order valence-corrected chi connectivity index (χ0v) is 15.9. The van der Waals surface area contributed by atoms with E-state index in [2.05, 4.69) is 0 Å². The van der Waals surface area contributed by atoms with Gasteiger partial charge in [0, 0.05) is 6.42 Å². The van der Waals surface area contributed by atoms with Gasteiger partial charge in [0.1, 0.15) is 20.1 Å². The lowest BCUT2D eigenvalue weighted by Crippen LogP contribution is -2.40. The van der Waals surface area contributed by atoms with Gasteiger partial charge in [-0.15, -0.1) is 0 Å². The molecule has 0 spiro atoms. The molecule has 0 aromatic carbocycles. The van der Waals surface area contributed by atoms with Gasteiger partial charge in [0.2, 0.25) is 0 Å². The minimum atomic E-state index is -2.59. The van der Waals surface area contributed by atoms with E-state index in [1.54, 1.807) is 13.1 Å². The second kappa shape index (κ2) is 7.30. The van der Waals surface area contributed by atoms with Crippen LogP contribution in [-0.4, -0.2) is 33.2 Å². The third-order valence-corrected chi connectivity index (χ3v) is 9.83. The Balaban J connectivity index is 2.84. The van der Waals surface area contributed by atoms with Crippen LogP contribution in [0.3, 0.4) is 0 Å². The molecule has 1 aliphatic rings. The monoisotopic (exact) mass is 350 g/mol. The topological polar surface area (TPSA) is 44.8 Å². The third kappa shape index (κ3) is 4.76. The predicted molar refractivity (Wildman–Crippen MR) is 87.1 cm³/mol. The molecular weight excluding hydrogens is 322 g/mol. The summed E-state index contributed by atoms with van der Waals surface area (Å²) in [5.74, 6) is -2.23. The van der Waals surface area contributed by atoms with E-state index in [0.717, 1.165) is 12.8 Å². The molecule has 0 bridgehead atoms. The van der Waals surface area contributed by atoms with E-state index in [4.69, 9.17) is 14.2 Å². The summed E-state index contributed by atoms with van der Waals surface area (Å²) in [5.41, 5.74) is -0.708. The van der Waals surface area contributed by atoms with Crippen molar-refractivity contribution in [1.82, 2.24) is 0 Å². The first kappa shape index (κ1) is 20.1. The van der Waals surface area contributed by atoms with E-state index in [0.29, 0.717) is 6.42 Å². The lowest BCUT2D eigenvalue weighted by Gasteiger charge is -2.35. The predicted octanol–water partition coefficient (Wildman–Crippen LogP) is 5.25. The molecule has 134 valence electrons. The maximum atomic E-state index is 14.5. The highest BCUT2D eigenvalue weighted by Crippen LogP contribution is 2.42. The second-order valence-electron chi connectivity index (χ2n) is 7.54. The quantitative estimate of drug-likeness (QED) is 0.464.